The van der Waals surface area contributed by atoms with Crippen molar-refractivity contribution in [3.63, 3.8) is 0 Å². The zero-order valence-corrected chi connectivity index (χ0v) is 12.8. The molecule has 4 nitrogen and oxygen atoms in total. The van der Waals surface area contributed by atoms with Gasteiger partial charge in [-0.25, -0.2) is 4.79 Å². The first kappa shape index (κ1) is 15.2. The average Bonchev–Trinajstić information content (AvgIpc) is 2.89. The molecule has 1 aromatic rings. The summed E-state index contributed by atoms with van der Waals surface area (Å²) < 4.78 is 0. The average molecular weight is 294 g/mol. The van der Waals surface area contributed by atoms with E-state index in [0.717, 1.165) is 17.9 Å². The van der Waals surface area contributed by atoms with E-state index in [1.807, 2.05) is 18.2 Å². The highest BCUT2D eigenvalue weighted by molar-refractivity contribution is 7.97. The Balaban J connectivity index is 1.93. The van der Waals surface area contributed by atoms with E-state index in [1.165, 1.54) is 5.56 Å². The molecule has 1 aromatic carbocycles. The largest absolute Gasteiger partial charge is 0.393 e. The summed E-state index contributed by atoms with van der Waals surface area (Å²) in [6.45, 7) is 3.14. The Morgan fingerprint density at radius 3 is 3.05 bits per heavy atom. The van der Waals surface area contributed by atoms with Crippen LogP contribution in [0.15, 0.2) is 24.3 Å². The Morgan fingerprint density at radius 2 is 2.40 bits per heavy atom. The van der Waals surface area contributed by atoms with Crippen molar-refractivity contribution in [3.8, 4) is 0 Å². The third kappa shape index (κ3) is 3.90. The van der Waals surface area contributed by atoms with Gasteiger partial charge in [0.05, 0.1) is 6.10 Å². The molecule has 1 fully saturated rings. The number of rotatable bonds is 4. The quantitative estimate of drug-likeness (QED) is 0.898. The Labute approximate surface area is 124 Å². The van der Waals surface area contributed by atoms with Gasteiger partial charge in [0.25, 0.3) is 0 Å². The summed E-state index contributed by atoms with van der Waals surface area (Å²) in [6, 6.07) is 7.87. The van der Waals surface area contributed by atoms with Crippen LogP contribution in [-0.2, 0) is 5.75 Å². The second kappa shape index (κ2) is 6.99. The lowest BCUT2D eigenvalue weighted by molar-refractivity contribution is 0.130. The Hall–Kier alpha value is -1.20. The fourth-order valence-electron chi connectivity index (χ4n) is 2.47. The Bertz CT molecular complexity index is 465. The number of aliphatic hydroxyl groups is 1. The molecule has 20 heavy (non-hydrogen) atoms. The summed E-state index contributed by atoms with van der Waals surface area (Å²) >= 11 is 1.76. The topological polar surface area (TPSA) is 52.6 Å². The minimum Gasteiger partial charge on any atom is -0.393 e. The second-order valence-electron chi connectivity index (χ2n) is 5.30. The summed E-state index contributed by atoms with van der Waals surface area (Å²) in [7, 11) is 0. The van der Waals surface area contributed by atoms with Gasteiger partial charge in [-0.3, -0.25) is 0 Å². The van der Waals surface area contributed by atoms with Crippen LogP contribution in [0.1, 0.15) is 18.9 Å². The van der Waals surface area contributed by atoms with E-state index in [-0.39, 0.29) is 18.1 Å². The number of nitrogens with one attached hydrogen (secondary N) is 1. The monoisotopic (exact) mass is 294 g/mol. The molecule has 0 spiro atoms. The lowest BCUT2D eigenvalue weighted by atomic mass is 10.0. The van der Waals surface area contributed by atoms with Crippen LogP contribution >= 0.6 is 11.8 Å². The van der Waals surface area contributed by atoms with E-state index in [0.29, 0.717) is 13.1 Å². The number of hydrogen-bond acceptors (Lipinski definition) is 3. The third-order valence-electron chi connectivity index (χ3n) is 3.68. The number of aliphatic hydroxyl groups excluding tert-OH is 1. The maximum absolute atomic E-state index is 12.2. The predicted molar refractivity (Wildman–Crippen MR) is 84.0 cm³/mol. The van der Waals surface area contributed by atoms with Gasteiger partial charge in [0.1, 0.15) is 0 Å². The standard InChI is InChI=1S/C15H22N2O2S/c1-11(18)13-6-7-17(9-13)15(19)16-14-5-3-4-12(8-14)10-20-2/h3-5,8,11,13,18H,6-7,9-10H2,1-2H3,(H,16,19)/t11-,13-/m1/s1. The molecule has 0 radical (unpaired) electrons. The maximum Gasteiger partial charge on any atom is 0.321 e. The summed E-state index contributed by atoms with van der Waals surface area (Å²) in [4.78, 5) is 14.0. The molecule has 0 unspecified atom stereocenters. The van der Waals surface area contributed by atoms with Gasteiger partial charge < -0.3 is 15.3 Å². The number of anilines is 1. The van der Waals surface area contributed by atoms with Gasteiger partial charge >= 0.3 is 6.03 Å². The first-order valence-corrected chi connectivity index (χ1v) is 8.31. The molecule has 2 N–H and O–H groups in total. The molecule has 0 bridgehead atoms. The van der Waals surface area contributed by atoms with Crippen molar-refractivity contribution >= 4 is 23.5 Å². The van der Waals surface area contributed by atoms with Gasteiger partial charge in [-0.05, 0) is 37.3 Å². The molecule has 0 aromatic heterocycles. The maximum atomic E-state index is 12.2. The van der Waals surface area contributed by atoms with Gasteiger partial charge in [0.2, 0.25) is 0 Å². The molecule has 5 heteroatoms. The second-order valence-corrected chi connectivity index (χ2v) is 6.16. The molecular formula is C15H22N2O2S. The van der Waals surface area contributed by atoms with Crippen LogP contribution in [-0.4, -0.2) is 41.5 Å². The van der Waals surface area contributed by atoms with Crippen molar-refractivity contribution in [3.05, 3.63) is 29.8 Å². The lowest BCUT2D eigenvalue weighted by Crippen LogP contribution is -2.34. The lowest BCUT2D eigenvalue weighted by Gasteiger charge is -2.18. The number of benzene rings is 1. The van der Waals surface area contributed by atoms with Crippen molar-refractivity contribution in [2.45, 2.75) is 25.2 Å². The van der Waals surface area contributed by atoms with Crippen LogP contribution in [0.4, 0.5) is 10.5 Å². The van der Waals surface area contributed by atoms with Gasteiger partial charge in [-0.2, -0.15) is 11.8 Å². The van der Waals surface area contributed by atoms with E-state index in [2.05, 4.69) is 17.6 Å². The number of likely N-dealkylation sites (tertiary alicyclic amines) is 1. The number of carbonyl (C=O) groups excluding carboxylic acids is 1. The summed E-state index contributed by atoms with van der Waals surface area (Å²) in [5.41, 5.74) is 2.04. The van der Waals surface area contributed by atoms with Crippen LogP contribution in [0, 0.1) is 5.92 Å². The normalized spacial score (nSPS) is 19.9. The SMILES string of the molecule is CSCc1cccc(NC(=O)N2CC[C@@H]([C@@H](C)O)C2)c1. The van der Waals surface area contributed by atoms with Crippen LogP contribution in [0.25, 0.3) is 0 Å². The summed E-state index contributed by atoms with van der Waals surface area (Å²) in [5.74, 6) is 1.14. The number of carbonyl (C=O) groups is 1. The van der Waals surface area contributed by atoms with E-state index in [4.69, 9.17) is 0 Å². The molecule has 1 heterocycles. The van der Waals surface area contributed by atoms with Crippen LogP contribution < -0.4 is 5.32 Å². The van der Waals surface area contributed by atoms with Gasteiger partial charge in [-0.15, -0.1) is 0 Å². The van der Waals surface area contributed by atoms with Crippen LogP contribution in [0.2, 0.25) is 0 Å². The van der Waals surface area contributed by atoms with Crippen LogP contribution in [0.3, 0.4) is 0 Å². The van der Waals surface area contributed by atoms with E-state index in [1.54, 1.807) is 23.6 Å². The van der Waals surface area contributed by atoms with Crippen molar-refractivity contribution in [2.75, 3.05) is 24.7 Å². The van der Waals surface area contributed by atoms with Gasteiger partial charge in [-0.1, -0.05) is 12.1 Å². The number of thioether (sulfide) groups is 1. The molecular weight excluding hydrogens is 272 g/mol. The van der Waals surface area contributed by atoms with Crippen LogP contribution in [0.5, 0.6) is 0 Å². The molecule has 110 valence electrons. The highest BCUT2D eigenvalue weighted by Gasteiger charge is 2.28. The molecule has 1 saturated heterocycles. The molecule has 0 aliphatic carbocycles. The number of nitrogens with zero attached hydrogens (tertiary/aromatic N) is 1. The molecule has 0 saturated carbocycles. The number of amides is 2. The zero-order valence-electron chi connectivity index (χ0n) is 12.0. The Kier molecular flexibility index (Phi) is 5.31. The zero-order chi connectivity index (χ0) is 14.5. The molecule has 2 rings (SSSR count). The van der Waals surface area contributed by atoms with Gasteiger partial charge in [0, 0.05) is 30.4 Å². The predicted octanol–water partition coefficient (Wildman–Crippen LogP) is 2.78. The fourth-order valence-corrected chi connectivity index (χ4v) is 2.99. The number of hydrogen-bond donors (Lipinski definition) is 2. The summed E-state index contributed by atoms with van der Waals surface area (Å²) in [5, 5.41) is 12.5. The van der Waals surface area contributed by atoms with Crippen molar-refractivity contribution in [1.29, 1.82) is 0 Å². The van der Waals surface area contributed by atoms with E-state index in [9.17, 15) is 9.90 Å². The van der Waals surface area contributed by atoms with Gasteiger partial charge in [0.15, 0.2) is 0 Å². The van der Waals surface area contributed by atoms with E-state index < -0.39 is 0 Å². The summed E-state index contributed by atoms with van der Waals surface area (Å²) in [6.07, 6.45) is 2.58. The first-order chi connectivity index (χ1) is 9.60. The fraction of sp³-hybridized carbons (Fsp3) is 0.533. The molecule has 1 aliphatic heterocycles. The molecule has 2 atom stereocenters. The highest BCUT2D eigenvalue weighted by Crippen LogP contribution is 2.21. The third-order valence-corrected chi connectivity index (χ3v) is 4.31. The van der Waals surface area contributed by atoms with Crippen molar-refractivity contribution < 1.29 is 9.90 Å². The molecule has 1 aliphatic rings. The Morgan fingerprint density at radius 1 is 1.60 bits per heavy atom. The van der Waals surface area contributed by atoms with Crippen molar-refractivity contribution in [1.82, 2.24) is 4.90 Å². The minimum atomic E-state index is -0.349. The van der Waals surface area contributed by atoms with Crippen molar-refractivity contribution in [2.24, 2.45) is 5.92 Å². The smallest absolute Gasteiger partial charge is 0.321 e. The highest BCUT2D eigenvalue weighted by atomic mass is 32.2. The first-order valence-electron chi connectivity index (χ1n) is 6.92. The minimum absolute atomic E-state index is 0.0746. The number of urea groups is 1. The van der Waals surface area contributed by atoms with E-state index >= 15 is 0 Å². The molecule has 2 amide bonds.